The molecule has 0 aliphatic carbocycles. The van der Waals surface area contributed by atoms with Crippen LogP contribution in [0.25, 0.3) is 0 Å². The van der Waals surface area contributed by atoms with E-state index in [1.54, 1.807) is 13.2 Å². The van der Waals surface area contributed by atoms with Crippen molar-refractivity contribution in [3.8, 4) is 0 Å². The highest BCUT2D eigenvalue weighted by Gasteiger charge is 2.47. The predicted octanol–water partition coefficient (Wildman–Crippen LogP) is 3.05. The van der Waals surface area contributed by atoms with Crippen LogP contribution in [0.3, 0.4) is 0 Å². The summed E-state index contributed by atoms with van der Waals surface area (Å²) in [5.74, 6) is -0.557. The topological polar surface area (TPSA) is 117 Å². The summed E-state index contributed by atoms with van der Waals surface area (Å²) in [7, 11) is -2.11. The summed E-state index contributed by atoms with van der Waals surface area (Å²) >= 11 is 0. The van der Waals surface area contributed by atoms with Gasteiger partial charge in [-0.15, -0.1) is 0 Å². The molecule has 0 bridgehead atoms. The van der Waals surface area contributed by atoms with Gasteiger partial charge in [-0.2, -0.15) is 0 Å². The molecule has 0 aromatic carbocycles. The number of sulfone groups is 1. The summed E-state index contributed by atoms with van der Waals surface area (Å²) in [5, 5.41) is 6.02. The Hall–Kier alpha value is -1.49. The highest BCUT2D eigenvalue weighted by atomic mass is 32.2. The smallest absolute Gasteiger partial charge is 0.247 e. The molecule has 1 aromatic heterocycles. The molecule has 1 saturated heterocycles. The molecule has 10 heteroatoms. The lowest BCUT2D eigenvalue weighted by Crippen LogP contribution is -2.50. The number of hydrogen-bond donors (Lipinski definition) is 1. The van der Waals surface area contributed by atoms with Crippen LogP contribution in [0.4, 0.5) is 5.88 Å². The molecule has 1 atom stereocenters. The monoisotopic (exact) mass is 460 g/mol. The third-order valence-corrected chi connectivity index (χ3v) is 8.68. The van der Waals surface area contributed by atoms with Crippen molar-refractivity contribution >= 4 is 21.6 Å². The number of anilines is 1. The molecule has 1 amide bonds. The van der Waals surface area contributed by atoms with Gasteiger partial charge in [0.15, 0.2) is 16.1 Å². The van der Waals surface area contributed by atoms with Crippen molar-refractivity contribution in [3.63, 3.8) is 0 Å². The zero-order valence-corrected chi connectivity index (χ0v) is 20.2. The van der Waals surface area contributed by atoms with Gasteiger partial charge in [0.1, 0.15) is 4.75 Å². The second-order valence-corrected chi connectivity index (χ2v) is 11.8. The van der Waals surface area contributed by atoms with Crippen LogP contribution >= 0.6 is 0 Å². The molecule has 1 aliphatic rings. The Balaban J connectivity index is 2.06. The van der Waals surface area contributed by atoms with Crippen molar-refractivity contribution in [1.82, 2.24) is 5.16 Å². The van der Waals surface area contributed by atoms with Crippen LogP contribution in [0.2, 0.25) is 0 Å². The number of carbonyl (C=O) groups excluding carboxylic acids is 1. The minimum Gasteiger partial charge on any atom is -0.381 e. The largest absolute Gasteiger partial charge is 0.381 e. The molecule has 1 fully saturated rings. The number of aromatic nitrogens is 1. The van der Waals surface area contributed by atoms with E-state index in [-0.39, 0.29) is 12.2 Å². The minimum absolute atomic E-state index is 0.0974. The molecule has 0 spiro atoms. The average molecular weight is 461 g/mol. The summed E-state index contributed by atoms with van der Waals surface area (Å²) in [6.45, 7) is 9.87. The van der Waals surface area contributed by atoms with Crippen LogP contribution in [0.15, 0.2) is 10.6 Å². The van der Waals surface area contributed by atoms with E-state index in [2.05, 4.69) is 17.4 Å². The van der Waals surface area contributed by atoms with Crippen molar-refractivity contribution in [2.45, 2.75) is 82.0 Å². The van der Waals surface area contributed by atoms with Crippen molar-refractivity contribution < 1.29 is 31.9 Å². The van der Waals surface area contributed by atoms with Crippen LogP contribution in [0.5, 0.6) is 0 Å². The molecule has 1 aliphatic heterocycles. The molecule has 0 radical (unpaired) electrons. The Labute approximate surface area is 185 Å². The first-order valence-electron chi connectivity index (χ1n) is 10.7. The average Bonchev–Trinajstić information content (AvgIpc) is 3.21. The quantitative estimate of drug-likeness (QED) is 0.501. The van der Waals surface area contributed by atoms with Crippen molar-refractivity contribution in [3.05, 3.63) is 11.8 Å². The van der Waals surface area contributed by atoms with E-state index in [0.717, 1.165) is 12.8 Å². The lowest BCUT2D eigenvalue weighted by atomic mass is 9.90. The molecule has 1 aromatic rings. The predicted molar refractivity (Wildman–Crippen MR) is 117 cm³/mol. The molecular weight excluding hydrogens is 424 g/mol. The Kier molecular flexibility index (Phi) is 8.66. The normalized spacial score (nSPS) is 17.5. The van der Waals surface area contributed by atoms with Gasteiger partial charge < -0.3 is 18.7 Å². The van der Waals surface area contributed by atoms with Gasteiger partial charge in [-0.1, -0.05) is 32.3 Å². The Morgan fingerprint density at radius 1 is 1.29 bits per heavy atom. The summed E-state index contributed by atoms with van der Waals surface area (Å²) in [5.41, 5.74) is 0.0833. The number of methoxy groups -OCH3 is 1. The highest BCUT2D eigenvalue weighted by molar-refractivity contribution is 7.94. The van der Waals surface area contributed by atoms with Crippen LogP contribution < -0.4 is 5.32 Å². The first-order chi connectivity index (χ1) is 14.5. The minimum atomic E-state index is -3.72. The number of nitrogens with zero attached hydrogens (tertiary/aromatic N) is 1. The standard InChI is InChI=1S/C21H36N2O7S/c1-7-8-18(27-6)29-14-20(2,3)16-13-17(30-23-16)22-19(24)21(4,5)31(25,26)15-9-11-28-12-10-15/h13,15,18H,7-12,14H2,1-6H3,(H,22,24). The molecule has 9 nitrogen and oxygen atoms in total. The van der Waals surface area contributed by atoms with Crippen molar-refractivity contribution in [2.24, 2.45) is 0 Å². The van der Waals surface area contributed by atoms with E-state index < -0.39 is 31.2 Å². The Bertz CT molecular complexity index is 827. The fourth-order valence-corrected chi connectivity index (χ4v) is 5.28. The van der Waals surface area contributed by atoms with E-state index in [1.807, 2.05) is 13.8 Å². The van der Waals surface area contributed by atoms with Crippen LogP contribution in [-0.4, -0.2) is 62.7 Å². The molecule has 2 rings (SSSR count). The Morgan fingerprint density at radius 3 is 2.52 bits per heavy atom. The zero-order chi connectivity index (χ0) is 23.3. The maximum Gasteiger partial charge on any atom is 0.247 e. The molecule has 31 heavy (non-hydrogen) atoms. The first-order valence-corrected chi connectivity index (χ1v) is 12.2. The molecule has 178 valence electrons. The fraction of sp³-hybridized carbons (Fsp3) is 0.810. The van der Waals surface area contributed by atoms with Gasteiger partial charge in [0.2, 0.25) is 11.8 Å². The third kappa shape index (κ3) is 6.06. The highest BCUT2D eigenvalue weighted by Crippen LogP contribution is 2.30. The first kappa shape index (κ1) is 25.8. The van der Waals surface area contributed by atoms with Crippen LogP contribution in [0, 0.1) is 0 Å². The number of nitrogens with one attached hydrogen (secondary N) is 1. The van der Waals surface area contributed by atoms with Gasteiger partial charge in [0.05, 0.1) is 17.6 Å². The van der Waals surface area contributed by atoms with Gasteiger partial charge in [-0.3, -0.25) is 10.1 Å². The third-order valence-electron chi connectivity index (χ3n) is 5.72. The van der Waals surface area contributed by atoms with E-state index >= 15 is 0 Å². The Morgan fingerprint density at radius 2 is 1.94 bits per heavy atom. The number of amides is 1. The zero-order valence-electron chi connectivity index (χ0n) is 19.4. The molecule has 1 N–H and O–H groups in total. The lowest BCUT2D eigenvalue weighted by Gasteiger charge is -2.30. The fourth-order valence-electron chi connectivity index (χ4n) is 3.33. The maximum atomic E-state index is 13.0. The SMILES string of the molecule is CCCC(OC)OCC(C)(C)c1cc(NC(=O)C(C)(C)S(=O)(=O)C2CCOCC2)on1. The summed E-state index contributed by atoms with van der Waals surface area (Å²) in [4.78, 5) is 12.9. The van der Waals surface area contributed by atoms with E-state index in [4.69, 9.17) is 18.7 Å². The molecule has 2 heterocycles. The number of carbonyl (C=O) groups is 1. The number of rotatable bonds is 11. The van der Waals surface area contributed by atoms with Crippen LogP contribution in [0.1, 0.15) is 66.0 Å². The van der Waals surface area contributed by atoms with Gasteiger partial charge in [-0.05, 0) is 33.1 Å². The van der Waals surface area contributed by atoms with Gasteiger partial charge >= 0.3 is 0 Å². The van der Waals surface area contributed by atoms with Gasteiger partial charge in [-0.25, -0.2) is 8.42 Å². The second-order valence-electron chi connectivity index (χ2n) is 9.05. The molecule has 0 saturated carbocycles. The lowest BCUT2D eigenvalue weighted by molar-refractivity contribution is -0.137. The number of ether oxygens (including phenoxy) is 3. The van der Waals surface area contributed by atoms with E-state index in [9.17, 15) is 13.2 Å². The van der Waals surface area contributed by atoms with Crippen molar-refractivity contribution in [1.29, 1.82) is 0 Å². The summed E-state index contributed by atoms with van der Waals surface area (Å²) in [6.07, 6.45) is 2.20. The summed E-state index contributed by atoms with van der Waals surface area (Å²) in [6, 6.07) is 1.60. The second kappa shape index (κ2) is 10.4. The van der Waals surface area contributed by atoms with Gasteiger partial charge in [0.25, 0.3) is 0 Å². The van der Waals surface area contributed by atoms with Gasteiger partial charge in [0, 0.05) is 31.8 Å². The van der Waals surface area contributed by atoms with Crippen molar-refractivity contribution in [2.75, 3.05) is 32.2 Å². The van der Waals surface area contributed by atoms with E-state index in [1.165, 1.54) is 13.8 Å². The molecule has 1 unspecified atom stereocenters. The summed E-state index contributed by atoms with van der Waals surface area (Å²) < 4.78 is 46.1. The van der Waals surface area contributed by atoms with E-state index in [0.29, 0.717) is 38.4 Å². The van der Waals surface area contributed by atoms with Crippen LogP contribution in [-0.2, 0) is 34.3 Å². The maximum absolute atomic E-state index is 13.0. The number of hydrogen-bond acceptors (Lipinski definition) is 8. The molecular formula is C21H36N2O7S.